The molecule has 1 aromatic carbocycles. The predicted molar refractivity (Wildman–Crippen MR) is 89.4 cm³/mol. The lowest BCUT2D eigenvalue weighted by molar-refractivity contribution is 0.167. The van der Waals surface area contributed by atoms with Crippen LogP contribution in [0, 0.1) is 11.7 Å². The fourth-order valence-electron chi connectivity index (χ4n) is 2.99. The molecule has 3 aromatic rings. The number of rotatable bonds is 5. The summed E-state index contributed by atoms with van der Waals surface area (Å²) in [5, 5.41) is 4.35. The lowest BCUT2D eigenvalue weighted by atomic mass is 10.1. The van der Waals surface area contributed by atoms with E-state index < -0.39 is 0 Å². The summed E-state index contributed by atoms with van der Waals surface area (Å²) in [6.45, 7) is 1.97. The molecule has 0 spiro atoms. The summed E-state index contributed by atoms with van der Waals surface area (Å²) in [7, 11) is 1.53. The molecule has 4 rings (SSSR count). The van der Waals surface area contributed by atoms with E-state index in [0.29, 0.717) is 47.5 Å². The Balaban J connectivity index is 1.77. The van der Waals surface area contributed by atoms with Gasteiger partial charge in [0.15, 0.2) is 5.65 Å². The highest BCUT2D eigenvalue weighted by molar-refractivity contribution is 5.85. The van der Waals surface area contributed by atoms with E-state index in [1.54, 1.807) is 29.0 Å². The third-order valence-electron chi connectivity index (χ3n) is 4.27. The SMILES string of the molecule is COc1nn2cccnc2c1-c1cc(F)ccc1OCC1CCOC1. The Morgan fingerprint density at radius 1 is 1.40 bits per heavy atom. The zero-order valence-electron chi connectivity index (χ0n) is 13.8. The van der Waals surface area contributed by atoms with Crippen molar-refractivity contribution in [3.8, 4) is 22.8 Å². The summed E-state index contributed by atoms with van der Waals surface area (Å²) in [5.74, 6) is 0.941. The molecule has 3 heterocycles. The van der Waals surface area contributed by atoms with Gasteiger partial charge in [-0.1, -0.05) is 0 Å². The summed E-state index contributed by atoms with van der Waals surface area (Å²) >= 11 is 0. The van der Waals surface area contributed by atoms with Gasteiger partial charge in [0.25, 0.3) is 0 Å². The number of halogens is 1. The normalized spacial score (nSPS) is 17.1. The number of nitrogens with zero attached hydrogens (tertiary/aromatic N) is 3. The van der Waals surface area contributed by atoms with E-state index in [0.717, 1.165) is 13.0 Å². The largest absolute Gasteiger partial charge is 0.493 e. The minimum atomic E-state index is -0.358. The molecule has 0 N–H and O–H groups in total. The van der Waals surface area contributed by atoms with E-state index in [-0.39, 0.29) is 5.82 Å². The van der Waals surface area contributed by atoms with E-state index in [4.69, 9.17) is 14.2 Å². The molecule has 1 atom stereocenters. The first kappa shape index (κ1) is 15.8. The van der Waals surface area contributed by atoms with Crippen LogP contribution in [0.1, 0.15) is 6.42 Å². The molecule has 7 heteroatoms. The average molecular weight is 343 g/mol. The maximum Gasteiger partial charge on any atom is 0.243 e. The minimum absolute atomic E-state index is 0.349. The second-order valence-electron chi connectivity index (χ2n) is 5.95. The van der Waals surface area contributed by atoms with Crippen molar-refractivity contribution in [2.24, 2.45) is 5.92 Å². The van der Waals surface area contributed by atoms with Crippen LogP contribution in [0.25, 0.3) is 16.8 Å². The molecular formula is C18H18FN3O3. The van der Waals surface area contributed by atoms with Crippen molar-refractivity contribution in [2.45, 2.75) is 6.42 Å². The quantitative estimate of drug-likeness (QED) is 0.713. The van der Waals surface area contributed by atoms with Gasteiger partial charge in [-0.15, -0.1) is 5.10 Å². The fourth-order valence-corrected chi connectivity index (χ4v) is 2.99. The van der Waals surface area contributed by atoms with Gasteiger partial charge in [0, 0.05) is 30.5 Å². The molecule has 1 unspecified atom stereocenters. The highest BCUT2D eigenvalue weighted by Gasteiger charge is 2.22. The molecule has 1 aliphatic rings. The maximum absolute atomic E-state index is 14.0. The van der Waals surface area contributed by atoms with Crippen LogP contribution < -0.4 is 9.47 Å². The zero-order chi connectivity index (χ0) is 17.2. The highest BCUT2D eigenvalue weighted by Crippen LogP contribution is 2.39. The molecule has 6 nitrogen and oxygen atoms in total. The Hall–Kier alpha value is -2.67. The fraction of sp³-hybridized carbons (Fsp3) is 0.333. The Morgan fingerprint density at radius 3 is 3.12 bits per heavy atom. The lowest BCUT2D eigenvalue weighted by Crippen LogP contribution is -2.12. The molecule has 1 aliphatic heterocycles. The monoisotopic (exact) mass is 343 g/mol. The molecular weight excluding hydrogens is 325 g/mol. The van der Waals surface area contributed by atoms with Gasteiger partial charge < -0.3 is 14.2 Å². The standard InChI is InChI=1S/C18H18FN3O3/c1-23-18-16(17-20-6-2-7-22(17)21-18)14-9-13(19)3-4-15(14)25-11-12-5-8-24-10-12/h2-4,6-7,9,12H,5,8,10-11H2,1H3. The van der Waals surface area contributed by atoms with Crippen molar-refractivity contribution in [1.82, 2.24) is 14.6 Å². The number of ether oxygens (including phenoxy) is 3. The summed E-state index contributed by atoms with van der Waals surface area (Å²) in [6.07, 6.45) is 4.40. The first-order valence-electron chi connectivity index (χ1n) is 8.14. The number of fused-ring (bicyclic) bond motifs is 1. The van der Waals surface area contributed by atoms with Gasteiger partial charge in [-0.2, -0.15) is 0 Å². The van der Waals surface area contributed by atoms with Crippen molar-refractivity contribution >= 4 is 5.65 Å². The van der Waals surface area contributed by atoms with Gasteiger partial charge in [-0.25, -0.2) is 13.9 Å². The number of methoxy groups -OCH3 is 1. The third-order valence-corrected chi connectivity index (χ3v) is 4.27. The topological polar surface area (TPSA) is 57.9 Å². The van der Waals surface area contributed by atoms with Crippen molar-refractivity contribution in [3.05, 3.63) is 42.5 Å². The zero-order valence-corrected chi connectivity index (χ0v) is 13.8. The Kier molecular flexibility index (Phi) is 4.23. The molecule has 0 radical (unpaired) electrons. The van der Waals surface area contributed by atoms with Crippen LogP contribution in [0.15, 0.2) is 36.7 Å². The summed E-state index contributed by atoms with van der Waals surface area (Å²) in [6, 6.07) is 6.21. The van der Waals surface area contributed by atoms with E-state index in [1.807, 2.05) is 0 Å². The lowest BCUT2D eigenvalue weighted by Gasteiger charge is -2.14. The van der Waals surface area contributed by atoms with Gasteiger partial charge in [-0.3, -0.25) is 0 Å². The smallest absolute Gasteiger partial charge is 0.243 e. The van der Waals surface area contributed by atoms with Crippen LogP contribution in [0.2, 0.25) is 0 Å². The van der Waals surface area contributed by atoms with Gasteiger partial charge in [0.05, 0.1) is 25.9 Å². The molecule has 130 valence electrons. The van der Waals surface area contributed by atoms with E-state index in [9.17, 15) is 4.39 Å². The molecule has 0 saturated carbocycles. The van der Waals surface area contributed by atoms with Crippen molar-refractivity contribution in [1.29, 1.82) is 0 Å². The summed E-state index contributed by atoms with van der Waals surface area (Å²) in [5.41, 5.74) is 1.77. The third kappa shape index (κ3) is 3.02. The molecule has 0 amide bonds. The molecule has 1 fully saturated rings. The molecule has 2 aromatic heterocycles. The van der Waals surface area contributed by atoms with Crippen molar-refractivity contribution in [3.63, 3.8) is 0 Å². The molecule has 25 heavy (non-hydrogen) atoms. The van der Waals surface area contributed by atoms with Gasteiger partial charge in [0.1, 0.15) is 11.6 Å². The summed E-state index contributed by atoms with van der Waals surface area (Å²) in [4.78, 5) is 4.36. The van der Waals surface area contributed by atoms with Crippen molar-refractivity contribution < 1.29 is 18.6 Å². The Labute approximate surface area is 144 Å². The minimum Gasteiger partial charge on any atom is -0.493 e. The van der Waals surface area contributed by atoms with E-state index >= 15 is 0 Å². The molecule has 0 aliphatic carbocycles. The second kappa shape index (κ2) is 6.68. The van der Waals surface area contributed by atoms with Crippen LogP contribution in [0.5, 0.6) is 11.6 Å². The molecule has 1 saturated heterocycles. The van der Waals surface area contributed by atoms with Gasteiger partial charge in [0.2, 0.25) is 5.88 Å². The number of benzene rings is 1. The van der Waals surface area contributed by atoms with Gasteiger partial charge in [-0.05, 0) is 30.7 Å². The van der Waals surface area contributed by atoms with Crippen LogP contribution in [0.4, 0.5) is 4.39 Å². The second-order valence-corrected chi connectivity index (χ2v) is 5.95. The van der Waals surface area contributed by atoms with Crippen LogP contribution in [0.3, 0.4) is 0 Å². The first-order valence-corrected chi connectivity index (χ1v) is 8.14. The van der Waals surface area contributed by atoms with Crippen molar-refractivity contribution in [2.75, 3.05) is 26.9 Å². The predicted octanol–water partition coefficient (Wildman–Crippen LogP) is 2.96. The first-order chi connectivity index (χ1) is 12.3. The number of aromatic nitrogens is 3. The van der Waals surface area contributed by atoms with Crippen LogP contribution in [-0.2, 0) is 4.74 Å². The average Bonchev–Trinajstić information content (AvgIpc) is 3.27. The molecule has 0 bridgehead atoms. The van der Waals surface area contributed by atoms with E-state index in [1.165, 1.54) is 19.2 Å². The van der Waals surface area contributed by atoms with Gasteiger partial charge >= 0.3 is 0 Å². The van der Waals surface area contributed by atoms with E-state index in [2.05, 4.69) is 10.1 Å². The highest BCUT2D eigenvalue weighted by atomic mass is 19.1. The number of hydrogen-bond acceptors (Lipinski definition) is 5. The Bertz CT molecular complexity index is 890. The Morgan fingerprint density at radius 2 is 2.32 bits per heavy atom. The summed E-state index contributed by atoms with van der Waals surface area (Å²) < 4.78 is 32.3. The number of hydrogen-bond donors (Lipinski definition) is 0. The van der Waals surface area contributed by atoms with Crippen LogP contribution >= 0.6 is 0 Å². The maximum atomic E-state index is 14.0. The van der Waals surface area contributed by atoms with Crippen LogP contribution in [-0.4, -0.2) is 41.5 Å².